The van der Waals surface area contributed by atoms with E-state index in [1.807, 2.05) is 44.2 Å². The van der Waals surface area contributed by atoms with Crippen molar-refractivity contribution in [2.75, 3.05) is 18.4 Å². The molecule has 0 aromatic heterocycles. The van der Waals surface area contributed by atoms with Crippen LogP contribution in [-0.4, -0.2) is 36.2 Å². The molecule has 1 aromatic rings. The van der Waals surface area contributed by atoms with Gasteiger partial charge < -0.3 is 15.0 Å². The molecule has 1 aromatic carbocycles. The van der Waals surface area contributed by atoms with Gasteiger partial charge in [-0.25, -0.2) is 4.79 Å². The number of amides is 2. The topological polar surface area (TPSA) is 41.6 Å². The molecule has 1 aliphatic rings. The molecule has 1 heterocycles. The summed E-state index contributed by atoms with van der Waals surface area (Å²) in [6, 6.07) is 9.43. The van der Waals surface area contributed by atoms with Crippen molar-refractivity contribution < 1.29 is 9.53 Å². The zero-order valence-electron chi connectivity index (χ0n) is 10.2. The van der Waals surface area contributed by atoms with Crippen LogP contribution in [0.3, 0.4) is 0 Å². The predicted octanol–water partition coefficient (Wildman–Crippen LogP) is 2.33. The number of nitrogens with zero attached hydrogens (tertiary/aromatic N) is 1. The lowest BCUT2D eigenvalue weighted by molar-refractivity contribution is -0.0530. The molecule has 1 N–H and O–H groups in total. The van der Waals surface area contributed by atoms with Crippen LogP contribution in [0.25, 0.3) is 0 Å². The number of para-hydroxylation sites is 1. The molecule has 4 heteroatoms. The van der Waals surface area contributed by atoms with Crippen LogP contribution in [0.4, 0.5) is 10.5 Å². The summed E-state index contributed by atoms with van der Waals surface area (Å²) in [5.41, 5.74) is 0.823. The fourth-order valence-corrected chi connectivity index (χ4v) is 2.07. The third-order valence-electron chi connectivity index (χ3n) is 2.73. The number of hydrogen-bond donors (Lipinski definition) is 1. The number of hydrogen-bond acceptors (Lipinski definition) is 2. The van der Waals surface area contributed by atoms with Gasteiger partial charge in [-0.2, -0.15) is 0 Å². The van der Waals surface area contributed by atoms with Crippen molar-refractivity contribution in [3.05, 3.63) is 30.3 Å². The van der Waals surface area contributed by atoms with E-state index in [0.717, 1.165) is 5.69 Å². The van der Waals surface area contributed by atoms with Crippen molar-refractivity contribution in [3.8, 4) is 0 Å². The first kappa shape index (κ1) is 11.9. The fraction of sp³-hybridized carbons (Fsp3) is 0.462. The third-order valence-corrected chi connectivity index (χ3v) is 2.73. The lowest BCUT2D eigenvalue weighted by Crippen LogP contribution is -2.49. The average molecular weight is 234 g/mol. The van der Waals surface area contributed by atoms with Gasteiger partial charge in [0.15, 0.2) is 0 Å². The Hall–Kier alpha value is -1.55. The molecule has 2 rings (SSSR count). The summed E-state index contributed by atoms with van der Waals surface area (Å²) in [5.74, 6) is 0. The van der Waals surface area contributed by atoms with Crippen LogP contribution >= 0.6 is 0 Å². The van der Waals surface area contributed by atoms with Crippen molar-refractivity contribution in [2.45, 2.75) is 26.1 Å². The Morgan fingerprint density at radius 3 is 2.41 bits per heavy atom. The Morgan fingerprint density at radius 2 is 1.82 bits per heavy atom. The lowest BCUT2D eigenvalue weighted by Gasteiger charge is -2.35. The summed E-state index contributed by atoms with van der Waals surface area (Å²) in [4.78, 5) is 13.8. The summed E-state index contributed by atoms with van der Waals surface area (Å²) in [6.45, 7) is 5.25. The molecular formula is C13H18N2O2. The smallest absolute Gasteiger partial charge is 0.322 e. The number of urea groups is 1. The monoisotopic (exact) mass is 234 g/mol. The van der Waals surface area contributed by atoms with Crippen LogP contribution in [0.1, 0.15) is 13.8 Å². The molecule has 92 valence electrons. The van der Waals surface area contributed by atoms with Gasteiger partial charge in [-0.05, 0) is 26.0 Å². The lowest BCUT2D eigenvalue weighted by atomic mass is 10.2. The van der Waals surface area contributed by atoms with Gasteiger partial charge in [0.1, 0.15) is 0 Å². The summed E-state index contributed by atoms with van der Waals surface area (Å²) >= 11 is 0. The summed E-state index contributed by atoms with van der Waals surface area (Å²) in [7, 11) is 0. The van der Waals surface area contributed by atoms with Crippen LogP contribution in [0, 0.1) is 0 Å². The Balaban J connectivity index is 1.96. The van der Waals surface area contributed by atoms with Gasteiger partial charge in [0.05, 0.1) is 12.2 Å². The quantitative estimate of drug-likeness (QED) is 0.810. The van der Waals surface area contributed by atoms with Crippen LogP contribution < -0.4 is 5.32 Å². The molecule has 0 radical (unpaired) electrons. The van der Waals surface area contributed by atoms with E-state index in [9.17, 15) is 4.79 Å². The molecule has 2 amide bonds. The van der Waals surface area contributed by atoms with Crippen LogP contribution in [-0.2, 0) is 4.74 Å². The Morgan fingerprint density at radius 1 is 1.24 bits per heavy atom. The molecule has 1 saturated heterocycles. The van der Waals surface area contributed by atoms with Gasteiger partial charge in [-0.3, -0.25) is 0 Å². The first-order valence-electron chi connectivity index (χ1n) is 5.91. The van der Waals surface area contributed by atoms with E-state index in [1.54, 1.807) is 4.90 Å². The molecule has 17 heavy (non-hydrogen) atoms. The fourth-order valence-electron chi connectivity index (χ4n) is 2.07. The maximum atomic E-state index is 12.0. The zero-order valence-corrected chi connectivity index (χ0v) is 10.2. The van der Waals surface area contributed by atoms with Gasteiger partial charge in [0.2, 0.25) is 0 Å². The van der Waals surface area contributed by atoms with Crippen molar-refractivity contribution in [2.24, 2.45) is 0 Å². The maximum absolute atomic E-state index is 12.0. The van der Waals surface area contributed by atoms with E-state index >= 15 is 0 Å². The van der Waals surface area contributed by atoms with E-state index in [-0.39, 0.29) is 18.2 Å². The van der Waals surface area contributed by atoms with Gasteiger partial charge in [-0.15, -0.1) is 0 Å². The molecule has 1 fully saturated rings. The van der Waals surface area contributed by atoms with E-state index < -0.39 is 0 Å². The highest BCUT2D eigenvalue weighted by Crippen LogP contribution is 2.13. The Labute approximate surface area is 102 Å². The van der Waals surface area contributed by atoms with Crippen molar-refractivity contribution in [1.82, 2.24) is 4.90 Å². The number of carbonyl (C=O) groups is 1. The second-order valence-electron chi connectivity index (χ2n) is 4.46. The first-order chi connectivity index (χ1) is 8.15. The van der Waals surface area contributed by atoms with Crippen molar-refractivity contribution in [1.29, 1.82) is 0 Å². The number of nitrogens with one attached hydrogen (secondary N) is 1. The van der Waals surface area contributed by atoms with E-state index in [4.69, 9.17) is 4.74 Å². The minimum absolute atomic E-state index is 0.0572. The van der Waals surface area contributed by atoms with Gasteiger partial charge >= 0.3 is 6.03 Å². The average Bonchev–Trinajstić information content (AvgIpc) is 2.29. The number of anilines is 1. The van der Waals surface area contributed by atoms with E-state index in [2.05, 4.69) is 5.32 Å². The van der Waals surface area contributed by atoms with E-state index in [1.165, 1.54) is 0 Å². The second-order valence-corrected chi connectivity index (χ2v) is 4.46. The van der Waals surface area contributed by atoms with Crippen LogP contribution in [0.5, 0.6) is 0 Å². The zero-order chi connectivity index (χ0) is 12.3. The highest BCUT2D eigenvalue weighted by atomic mass is 16.5. The number of benzene rings is 1. The van der Waals surface area contributed by atoms with Crippen molar-refractivity contribution >= 4 is 11.7 Å². The number of rotatable bonds is 1. The molecule has 0 spiro atoms. The normalized spacial score (nSPS) is 24.5. The molecule has 0 unspecified atom stereocenters. The van der Waals surface area contributed by atoms with E-state index in [0.29, 0.717) is 13.1 Å². The number of carbonyl (C=O) groups excluding carboxylic acids is 1. The molecule has 0 bridgehead atoms. The molecule has 0 aliphatic carbocycles. The van der Waals surface area contributed by atoms with Crippen LogP contribution in [0.2, 0.25) is 0 Å². The molecule has 2 atom stereocenters. The second kappa shape index (κ2) is 5.19. The van der Waals surface area contributed by atoms with Gasteiger partial charge in [0, 0.05) is 18.8 Å². The summed E-state index contributed by atoms with van der Waals surface area (Å²) < 4.78 is 5.60. The Bertz CT molecular complexity index is 370. The summed E-state index contributed by atoms with van der Waals surface area (Å²) in [5, 5.41) is 2.88. The summed E-state index contributed by atoms with van der Waals surface area (Å²) in [6.07, 6.45) is 0.195. The minimum Gasteiger partial charge on any atom is -0.372 e. The first-order valence-corrected chi connectivity index (χ1v) is 5.91. The van der Waals surface area contributed by atoms with Crippen molar-refractivity contribution in [3.63, 3.8) is 0 Å². The predicted molar refractivity (Wildman–Crippen MR) is 67.0 cm³/mol. The highest BCUT2D eigenvalue weighted by Gasteiger charge is 2.25. The van der Waals surface area contributed by atoms with Gasteiger partial charge in [0.25, 0.3) is 0 Å². The molecule has 4 nitrogen and oxygen atoms in total. The largest absolute Gasteiger partial charge is 0.372 e. The molecular weight excluding hydrogens is 216 g/mol. The van der Waals surface area contributed by atoms with Gasteiger partial charge in [-0.1, -0.05) is 18.2 Å². The van der Waals surface area contributed by atoms with Crippen LogP contribution in [0.15, 0.2) is 30.3 Å². The third kappa shape index (κ3) is 3.20. The molecule has 1 aliphatic heterocycles. The minimum atomic E-state index is -0.0572. The Kier molecular flexibility index (Phi) is 3.64. The SMILES string of the molecule is C[C@@H]1CN(C(=O)Nc2ccccc2)C[C@@H](C)O1. The highest BCUT2D eigenvalue weighted by molar-refractivity contribution is 5.89. The number of morpholine rings is 1. The standard InChI is InChI=1S/C13H18N2O2/c1-10-8-15(9-11(2)17-10)13(16)14-12-6-4-3-5-7-12/h3-7,10-11H,8-9H2,1-2H3,(H,14,16)/t10-,11-/m1/s1. The maximum Gasteiger partial charge on any atom is 0.322 e. The molecule has 0 saturated carbocycles. The number of ether oxygens (including phenoxy) is 1.